The molecule has 1 aliphatic carbocycles. The van der Waals surface area contributed by atoms with Gasteiger partial charge < -0.3 is 5.11 Å². The van der Waals surface area contributed by atoms with Crippen LogP contribution in [-0.4, -0.2) is 38.0 Å². The number of sulfonamides is 1. The Morgan fingerprint density at radius 1 is 1.42 bits per heavy atom. The molecule has 4 nitrogen and oxygen atoms in total. The minimum atomic E-state index is -3.41. The zero-order chi connectivity index (χ0) is 14.1. The Kier molecular flexibility index (Phi) is 4.35. The second-order valence-corrected chi connectivity index (χ2v) is 8.75. The van der Waals surface area contributed by atoms with E-state index in [4.69, 9.17) is 0 Å². The van der Waals surface area contributed by atoms with E-state index in [9.17, 15) is 13.5 Å². The molecular formula is C13H21NO3S2. The lowest BCUT2D eigenvalue weighted by molar-refractivity contribution is 0.112. The Labute approximate surface area is 119 Å². The first kappa shape index (κ1) is 15.0. The highest BCUT2D eigenvalue weighted by Crippen LogP contribution is 2.39. The Hall–Kier alpha value is -0.430. The lowest BCUT2D eigenvalue weighted by atomic mass is 9.87. The van der Waals surface area contributed by atoms with Crippen LogP contribution in [0.25, 0.3) is 0 Å². The highest BCUT2D eigenvalue weighted by atomic mass is 32.2. The lowest BCUT2D eigenvalue weighted by Gasteiger charge is -2.31. The standard InChI is InChI=1S/C13H21NO3S2/c1-11-7-12(18-8-11)19(16,17)14(2)9-13(10-15)5-3-4-6-13/h7-8,15H,3-6,9-10H2,1-2H3. The van der Waals surface area contributed by atoms with Crippen molar-refractivity contribution >= 4 is 21.4 Å². The van der Waals surface area contributed by atoms with E-state index < -0.39 is 10.0 Å². The zero-order valence-corrected chi connectivity index (χ0v) is 13.1. The highest BCUT2D eigenvalue weighted by Gasteiger charge is 2.37. The van der Waals surface area contributed by atoms with Crippen LogP contribution in [0.2, 0.25) is 0 Å². The van der Waals surface area contributed by atoms with Gasteiger partial charge in [-0.3, -0.25) is 0 Å². The number of hydrogen-bond acceptors (Lipinski definition) is 4. The molecule has 0 saturated heterocycles. The number of thiophene rings is 1. The summed E-state index contributed by atoms with van der Waals surface area (Å²) in [5.74, 6) is 0. The van der Waals surface area contributed by atoms with Crippen molar-refractivity contribution < 1.29 is 13.5 Å². The highest BCUT2D eigenvalue weighted by molar-refractivity contribution is 7.91. The molecule has 1 aliphatic rings. The van der Waals surface area contributed by atoms with Crippen LogP contribution in [0.3, 0.4) is 0 Å². The van der Waals surface area contributed by atoms with E-state index in [0.29, 0.717) is 10.8 Å². The van der Waals surface area contributed by atoms with Gasteiger partial charge in [-0.05, 0) is 36.8 Å². The van der Waals surface area contributed by atoms with Gasteiger partial charge in [-0.25, -0.2) is 8.42 Å². The Bertz CT molecular complexity index is 530. The summed E-state index contributed by atoms with van der Waals surface area (Å²) in [5, 5.41) is 11.4. The van der Waals surface area contributed by atoms with E-state index >= 15 is 0 Å². The molecule has 0 spiro atoms. The summed E-state index contributed by atoms with van der Waals surface area (Å²) in [6.45, 7) is 2.36. The minimum Gasteiger partial charge on any atom is -0.396 e. The maximum absolute atomic E-state index is 12.4. The topological polar surface area (TPSA) is 57.6 Å². The van der Waals surface area contributed by atoms with Crippen LogP contribution in [0, 0.1) is 12.3 Å². The number of aliphatic hydroxyl groups is 1. The van der Waals surface area contributed by atoms with Crippen LogP contribution < -0.4 is 0 Å². The average molecular weight is 303 g/mol. The third-order valence-electron chi connectivity index (χ3n) is 3.93. The fourth-order valence-electron chi connectivity index (χ4n) is 2.74. The quantitative estimate of drug-likeness (QED) is 0.907. The molecule has 0 aliphatic heterocycles. The third kappa shape index (κ3) is 3.02. The number of aryl methyl sites for hydroxylation is 1. The van der Waals surface area contributed by atoms with Gasteiger partial charge in [0.05, 0.1) is 0 Å². The Morgan fingerprint density at radius 3 is 2.53 bits per heavy atom. The largest absolute Gasteiger partial charge is 0.396 e. The van der Waals surface area contributed by atoms with Gasteiger partial charge in [0.2, 0.25) is 0 Å². The van der Waals surface area contributed by atoms with Gasteiger partial charge >= 0.3 is 0 Å². The molecule has 1 aromatic heterocycles. The second kappa shape index (κ2) is 5.52. The predicted molar refractivity (Wildman–Crippen MR) is 76.9 cm³/mol. The van der Waals surface area contributed by atoms with Gasteiger partial charge in [0, 0.05) is 25.6 Å². The molecule has 2 rings (SSSR count). The minimum absolute atomic E-state index is 0.0658. The van der Waals surface area contributed by atoms with Gasteiger partial charge in [0.25, 0.3) is 10.0 Å². The second-order valence-electron chi connectivity index (χ2n) is 5.57. The number of aliphatic hydroxyl groups excluding tert-OH is 1. The summed E-state index contributed by atoms with van der Waals surface area (Å²) in [6.07, 6.45) is 3.97. The molecule has 19 heavy (non-hydrogen) atoms. The van der Waals surface area contributed by atoms with Crippen molar-refractivity contribution in [3.8, 4) is 0 Å². The molecule has 0 atom stereocenters. The van der Waals surface area contributed by atoms with Crippen molar-refractivity contribution in [2.75, 3.05) is 20.2 Å². The molecule has 1 heterocycles. The summed E-state index contributed by atoms with van der Waals surface area (Å²) in [6, 6.07) is 1.71. The Morgan fingerprint density at radius 2 is 2.05 bits per heavy atom. The smallest absolute Gasteiger partial charge is 0.252 e. The molecule has 0 unspecified atom stereocenters. The van der Waals surface area contributed by atoms with Crippen LogP contribution in [0.5, 0.6) is 0 Å². The van der Waals surface area contributed by atoms with E-state index in [2.05, 4.69) is 0 Å². The number of rotatable bonds is 5. The van der Waals surface area contributed by atoms with Crippen molar-refractivity contribution in [2.24, 2.45) is 5.41 Å². The molecule has 6 heteroatoms. The van der Waals surface area contributed by atoms with Crippen molar-refractivity contribution in [2.45, 2.75) is 36.8 Å². The van der Waals surface area contributed by atoms with Crippen LogP contribution in [-0.2, 0) is 10.0 Å². The number of nitrogens with zero attached hydrogens (tertiary/aromatic N) is 1. The van der Waals surface area contributed by atoms with Gasteiger partial charge in [0.1, 0.15) is 4.21 Å². The monoisotopic (exact) mass is 303 g/mol. The third-order valence-corrected chi connectivity index (χ3v) is 7.27. The molecule has 1 N–H and O–H groups in total. The van der Waals surface area contributed by atoms with Gasteiger partial charge in [-0.15, -0.1) is 11.3 Å². The summed E-state index contributed by atoms with van der Waals surface area (Å²) in [7, 11) is -1.80. The van der Waals surface area contributed by atoms with E-state index in [1.807, 2.05) is 12.3 Å². The molecule has 0 radical (unpaired) electrons. The molecule has 0 bridgehead atoms. The molecule has 108 valence electrons. The first-order valence-corrected chi connectivity index (χ1v) is 8.84. The van der Waals surface area contributed by atoms with E-state index in [1.54, 1.807) is 13.1 Å². The molecule has 1 aromatic rings. The van der Waals surface area contributed by atoms with Crippen molar-refractivity contribution in [1.29, 1.82) is 0 Å². The van der Waals surface area contributed by atoms with Crippen molar-refractivity contribution in [3.63, 3.8) is 0 Å². The van der Waals surface area contributed by atoms with Crippen LogP contribution in [0.4, 0.5) is 0 Å². The van der Waals surface area contributed by atoms with E-state index in [1.165, 1.54) is 15.6 Å². The first-order valence-electron chi connectivity index (χ1n) is 6.52. The predicted octanol–water partition coefficient (Wildman–Crippen LogP) is 2.23. The molecule has 0 amide bonds. The van der Waals surface area contributed by atoms with Gasteiger partial charge in [-0.1, -0.05) is 12.8 Å². The summed E-state index contributed by atoms with van der Waals surface area (Å²) in [4.78, 5) is 0. The molecule has 0 aromatic carbocycles. The van der Waals surface area contributed by atoms with E-state index in [0.717, 1.165) is 31.2 Å². The van der Waals surface area contributed by atoms with Crippen molar-refractivity contribution in [3.05, 3.63) is 17.0 Å². The molecule has 1 fully saturated rings. The van der Waals surface area contributed by atoms with Gasteiger partial charge in [0.15, 0.2) is 0 Å². The van der Waals surface area contributed by atoms with E-state index in [-0.39, 0.29) is 12.0 Å². The molecule has 1 saturated carbocycles. The fraction of sp³-hybridized carbons (Fsp3) is 0.692. The van der Waals surface area contributed by atoms with Crippen LogP contribution in [0.15, 0.2) is 15.7 Å². The lowest BCUT2D eigenvalue weighted by Crippen LogP contribution is -2.39. The fourth-order valence-corrected chi connectivity index (χ4v) is 5.46. The van der Waals surface area contributed by atoms with Crippen molar-refractivity contribution in [1.82, 2.24) is 4.31 Å². The van der Waals surface area contributed by atoms with Gasteiger partial charge in [-0.2, -0.15) is 4.31 Å². The van der Waals surface area contributed by atoms with Crippen LogP contribution >= 0.6 is 11.3 Å². The summed E-state index contributed by atoms with van der Waals surface area (Å²) in [5.41, 5.74) is 0.725. The summed E-state index contributed by atoms with van der Waals surface area (Å²) < 4.78 is 26.7. The normalized spacial score (nSPS) is 19.2. The maximum Gasteiger partial charge on any atom is 0.252 e. The van der Waals surface area contributed by atoms with Crippen LogP contribution in [0.1, 0.15) is 31.2 Å². The summed E-state index contributed by atoms with van der Waals surface area (Å²) >= 11 is 1.26. The molecular weight excluding hydrogens is 282 g/mol. The zero-order valence-electron chi connectivity index (χ0n) is 11.4. The Balaban J connectivity index is 2.17. The first-order chi connectivity index (χ1) is 8.89. The maximum atomic E-state index is 12.4. The number of hydrogen-bond donors (Lipinski definition) is 1. The average Bonchev–Trinajstić information content (AvgIpc) is 2.99. The SMILES string of the molecule is Cc1csc(S(=O)(=O)N(C)CC2(CO)CCCC2)c1.